The van der Waals surface area contributed by atoms with E-state index in [4.69, 9.17) is 27.8 Å². The Labute approximate surface area is 125 Å². The summed E-state index contributed by atoms with van der Waals surface area (Å²) in [5.74, 6) is 1.20. The van der Waals surface area contributed by atoms with Gasteiger partial charge in [0.2, 0.25) is 11.9 Å². The number of aromatic nitrogens is 3. The molecule has 0 atom stereocenters. The molecule has 0 saturated carbocycles. The van der Waals surface area contributed by atoms with Crippen molar-refractivity contribution in [1.82, 2.24) is 15.0 Å². The minimum absolute atomic E-state index is 0.0714. The lowest BCUT2D eigenvalue weighted by molar-refractivity contribution is 0.299. The Morgan fingerprint density at radius 2 is 1.57 bits per heavy atom. The first-order valence-corrected chi connectivity index (χ1v) is 6.57. The number of ether oxygens (including phenoxy) is 1. The Balaban J connectivity index is 1.90. The summed E-state index contributed by atoms with van der Waals surface area (Å²) in [6, 6.07) is 11.3. The third-order valence-electron chi connectivity index (χ3n) is 2.90. The molecule has 21 heavy (non-hydrogen) atoms. The van der Waals surface area contributed by atoms with Gasteiger partial charge in [0, 0.05) is 15.8 Å². The monoisotopic (exact) mass is 301 g/mol. The molecule has 3 rings (SSSR count). The van der Waals surface area contributed by atoms with Gasteiger partial charge in [0.05, 0.1) is 0 Å². The van der Waals surface area contributed by atoms with E-state index in [1.54, 1.807) is 12.1 Å². The van der Waals surface area contributed by atoms with Gasteiger partial charge in [-0.15, -0.1) is 0 Å². The molecular weight excluding hydrogens is 290 g/mol. The average Bonchev–Trinajstić information content (AvgIpc) is 2.46. The molecule has 0 bridgehead atoms. The van der Waals surface area contributed by atoms with Crippen molar-refractivity contribution in [3.05, 3.63) is 47.2 Å². The SMILES string of the molecule is Nc1nc(N)nc(COc2ccc(Cl)c3ccccc23)n1. The number of nitrogens with zero attached hydrogens (tertiary/aromatic N) is 3. The minimum Gasteiger partial charge on any atom is -0.485 e. The van der Waals surface area contributed by atoms with Crippen molar-refractivity contribution in [1.29, 1.82) is 0 Å². The van der Waals surface area contributed by atoms with Crippen LogP contribution in [0, 0.1) is 0 Å². The third-order valence-corrected chi connectivity index (χ3v) is 3.23. The normalized spacial score (nSPS) is 10.7. The molecule has 0 aliphatic rings. The molecule has 0 saturated heterocycles. The Morgan fingerprint density at radius 3 is 2.29 bits per heavy atom. The van der Waals surface area contributed by atoms with Crippen LogP contribution in [0.5, 0.6) is 5.75 Å². The predicted octanol–water partition coefficient (Wildman–Crippen LogP) is 2.42. The molecule has 0 aliphatic heterocycles. The van der Waals surface area contributed by atoms with Gasteiger partial charge in [0.1, 0.15) is 12.4 Å². The number of hydrogen-bond donors (Lipinski definition) is 2. The molecule has 4 N–H and O–H groups in total. The van der Waals surface area contributed by atoms with Crippen LogP contribution in [0.1, 0.15) is 5.82 Å². The van der Waals surface area contributed by atoms with Crippen LogP contribution >= 0.6 is 11.6 Å². The van der Waals surface area contributed by atoms with Gasteiger partial charge in [0.25, 0.3) is 0 Å². The number of rotatable bonds is 3. The quantitative estimate of drug-likeness (QED) is 0.770. The number of benzene rings is 2. The zero-order valence-electron chi connectivity index (χ0n) is 11.0. The Morgan fingerprint density at radius 1 is 0.905 bits per heavy atom. The Bertz CT molecular complexity index is 788. The zero-order valence-corrected chi connectivity index (χ0v) is 11.7. The summed E-state index contributed by atoms with van der Waals surface area (Å²) in [7, 11) is 0. The second-order valence-corrected chi connectivity index (χ2v) is 4.76. The highest BCUT2D eigenvalue weighted by Gasteiger charge is 2.07. The lowest BCUT2D eigenvalue weighted by atomic mass is 10.1. The van der Waals surface area contributed by atoms with Gasteiger partial charge in [-0.2, -0.15) is 15.0 Å². The van der Waals surface area contributed by atoms with E-state index in [0.29, 0.717) is 16.6 Å². The van der Waals surface area contributed by atoms with Crippen LogP contribution in [0.15, 0.2) is 36.4 Å². The molecule has 0 fully saturated rings. The molecule has 0 amide bonds. The van der Waals surface area contributed by atoms with Crippen LogP contribution in [0.3, 0.4) is 0 Å². The van der Waals surface area contributed by atoms with E-state index in [1.165, 1.54) is 0 Å². The molecule has 3 aromatic rings. The van der Waals surface area contributed by atoms with E-state index >= 15 is 0 Å². The molecule has 106 valence electrons. The summed E-state index contributed by atoms with van der Waals surface area (Å²) in [5, 5.41) is 2.51. The maximum absolute atomic E-state index is 6.17. The summed E-state index contributed by atoms with van der Waals surface area (Å²) in [4.78, 5) is 11.7. The van der Waals surface area contributed by atoms with Crippen molar-refractivity contribution >= 4 is 34.3 Å². The van der Waals surface area contributed by atoms with Gasteiger partial charge >= 0.3 is 0 Å². The van der Waals surface area contributed by atoms with E-state index < -0.39 is 0 Å². The van der Waals surface area contributed by atoms with E-state index in [2.05, 4.69) is 15.0 Å². The molecule has 0 radical (unpaired) electrons. The molecule has 6 nitrogen and oxygen atoms in total. The molecule has 0 aliphatic carbocycles. The van der Waals surface area contributed by atoms with Crippen molar-refractivity contribution < 1.29 is 4.74 Å². The molecular formula is C14H12ClN5O. The number of hydrogen-bond acceptors (Lipinski definition) is 6. The lowest BCUT2D eigenvalue weighted by Gasteiger charge is -2.10. The average molecular weight is 302 g/mol. The lowest BCUT2D eigenvalue weighted by Crippen LogP contribution is -2.09. The standard InChI is InChI=1S/C14H12ClN5O/c15-10-5-6-11(9-4-2-1-3-8(9)10)21-7-12-18-13(16)20-14(17)19-12/h1-6H,7H2,(H4,16,17,18,19,20). The van der Waals surface area contributed by atoms with E-state index in [9.17, 15) is 0 Å². The zero-order chi connectivity index (χ0) is 14.8. The first kappa shape index (κ1) is 13.4. The summed E-state index contributed by atoms with van der Waals surface area (Å²) < 4.78 is 5.75. The maximum atomic E-state index is 6.17. The van der Waals surface area contributed by atoms with Gasteiger partial charge in [-0.25, -0.2) is 0 Å². The fourth-order valence-corrected chi connectivity index (χ4v) is 2.25. The van der Waals surface area contributed by atoms with Crippen molar-refractivity contribution in [2.24, 2.45) is 0 Å². The Kier molecular flexibility index (Phi) is 3.45. The molecule has 0 unspecified atom stereocenters. The first-order valence-electron chi connectivity index (χ1n) is 6.19. The highest BCUT2D eigenvalue weighted by atomic mass is 35.5. The maximum Gasteiger partial charge on any atom is 0.225 e. The summed E-state index contributed by atoms with van der Waals surface area (Å²) in [5.41, 5.74) is 11.0. The number of nitrogen functional groups attached to an aromatic ring is 2. The first-order chi connectivity index (χ1) is 10.1. The second kappa shape index (κ2) is 5.41. The molecule has 2 aromatic carbocycles. The molecule has 1 heterocycles. The Hall–Kier alpha value is -2.60. The number of halogens is 1. The summed E-state index contributed by atoms with van der Waals surface area (Å²) in [6.07, 6.45) is 0. The van der Waals surface area contributed by atoms with Crippen molar-refractivity contribution in [3.63, 3.8) is 0 Å². The summed E-state index contributed by atoms with van der Waals surface area (Å²) in [6.45, 7) is 0.141. The van der Waals surface area contributed by atoms with Crippen LogP contribution in [-0.2, 0) is 6.61 Å². The smallest absolute Gasteiger partial charge is 0.225 e. The third kappa shape index (κ3) is 2.80. The second-order valence-electron chi connectivity index (χ2n) is 4.35. The molecule has 7 heteroatoms. The topological polar surface area (TPSA) is 99.9 Å². The van der Waals surface area contributed by atoms with Gasteiger partial charge < -0.3 is 16.2 Å². The fourth-order valence-electron chi connectivity index (χ4n) is 2.02. The van der Waals surface area contributed by atoms with Gasteiger partial charge in [-0.05, 0) is 12.1 Å². The highest BCUT2D eigenvalue weighted by Crippen LogP contribution is 2.31. The van der Waals surface area contributed by atoms with Gasteiger partial charge in [-0.3, -0.25) is 0 Å². The fraction of sp³-hybridized carbons (Fsp3) is 0.0714. The van der Waals surface area contributed by atoms with Crippen LogP contribution in [-0.4, -0.2) is 15.0 Å². The highest BCUT2D eigenvalue weighted by molar-refractivity contribution is 6.35. The predicted molar refractivity (Wildman–Crippen MR) is 81.9 cm³/mol. The number of anilines is 2. The van der Waals surface area contributed by atoms with Crippen LogP contribution in [0.4, 0.5) is 11.9 Å². The van der Waals surface area contributed by atoms with Crippen LogP contribution in [0.2, 0.25) is 5.02 Å². The molecule has 1 aromatic heterocycles. The number of nitrogens with two attached hydrogens (primary N) is 2. The van der Waals surface area contributed by atoms with E-state index in [-0.39, 0.29) is 18.5 Å². The van der Waals surface area contributed by atoms with Crippen molar-refractivity contribution in [2.45, 2.75) is 6.61 Å². The van der Waals surface area contributed by atoms with Crippen LogP contribution in [0.25, 0.3) is 10.8 Å². The van der Waals surface area contributed by atoms with E-state index in [1.807, 2.05) is 24.3 Å². The van der Waals surface area contributed by atoms with Crippen molar-refractivity contribution in [2.75, 3.05) is 11.5 Å². The van der Waals surface area contributed by atoms with Crippen molar-refractivity contribution in [3.8, 4) is 5.75 Å². The van der Waals surface area contributed by atoms with Crippen LogP contribution < -0.4 is 16.2 Å². The summed E-state index contributed by atoms with van der Waals surface area (Å²) >= 11 is 6.17. The number of fused-ring (bicyclic) bond motifs is 1. The van der Waals surface area contributed by atoms with Gasteiger partial charge in [-0.1, -0.05) is 35.9 Å². The molecule has 0 spiro atoms. The largest absolute Gasteiger partial charge is 0.485 e. The van der Waals surface area contributed by atoms with E-state index in [0.717, 1.165) is 10.8 Å². The minimum atomic E-state index is 0.0714. The van der Waals surface area contributed by atoms with Gasteiger partial charge in [0.15, 0.2) is 5.82 Å².